The van der Waals surface area contributed by atoms with Gasteiger partial charge in [0.05, 0.1) is 36.0 Å². The van der Waals surface area contributed by atoms with Crippen LogP contribution in [-0.4, -0.2) is 81.4 Å². The van der Waals surface area contributed by atoms with Crippen LogP contribution >= 0.6 is 0 Å². The molecule has 39 heavy (non-hydrogen) atoms. The highest BCUT2D eigenvalue weighted by Crippen LogP contribution is 2.31. The molecule has 0 spiro atoms. The van der Waals surface area contributed by atoms with Crippen LogP contribution < -0.4 is 9.47 Å². The lowest BCUT2D eigenvalue weighted by molar-refractivity contribution is -0.118. The second kappa shape index (κ2) is 12.2. The Labute approximate surface area is 227 Å². The number of allylic oxidation sites excluding steroid dienone is 2. The first-order chi connectivity index (χ1) is 18.6. The molecule has 2 aliphatic rings. The third kappa shape index (κ3) is 7.00. The SMILES string of the molecule is COC1=CC=C(C(=O)CN2CCC(Oc3ncnc(Oc4ccc(S(C)(=O)=O)cc4F)c3C)CC2)C(OC)C1. The van der Waals surface area contributed by atoms with Crippen molar-refractivity contribution >= 4 is 15.6 Å². The number of nitrogens with zero attached hydrogens (tertiary/aromatic N) is 3. The smallest absolute Gasteiger partial charge is 0.229 e. The Balaban J connectivity index is 1.34. The van der Waals surface area contributed by atoms with Crippen LogP contribution in [-0.2, 0) is 24.1 Å². The number of methoxy groups -OCH3 is 2. The van der Waals surface area contributed by atoms with E-state index in [1.54, 1.807) is 27.2 Å². The average Bonchev–Trinajstić information content (AvgIpc) is 2.92. The molecule has 4 rings (SSSR count). The van der Waals surface area contributed by atoms with Gasteiger partial charge in [-0.15, -0.1) is 0 Å². The van der Waals surface area contributed by atoms with Crippen LogP contribution in [0.1, 0.15) is 24.8 Å². The molecule has 1 aromatic heterocycles. The summed E-state index contributed by atoms with van der Waals surface area (Å²) in [5.41, 5.74) is 1.13. The molecule has 0 saturated carbocycles. The fraction of sp³-hybridized carbons (Fsp3) is 0.444. The quantitative estimate of drug-likeness (QED) is 0.427. The van der Waals surface area contributed by atoms with Gasteiger partial charge in [0.25, 0.3) is 0 Å². The fourth-order valence-corrected chi connectivity index (χ4v) is 5.09. The minimum Gasteiger partial charge on any atom is -0.501 e. The van der Waals surface area contributed by atoms with Gasteiger partial charge in [0.1, 0.15) is 12.4 Å². The van der Waals surface area contributed by atoms with Crippen molar-refractivity contribution in [3.63, 3.8) is 0 Å². The zero-order valence-corrected chi connectivity index (χ0v) is 23.2. The number of ketones is 1. The Morgan fingerprint density at radius 1 is 1.13 bits per heavy atom. The van der Waals surface area contributed by atoms with E-state index in [0.29, 0.717) is 55.9 Å². The molecule has 1 aliphatic carbocycles. The van der Waals surface area contributed by atoms with Crippen LogP contribution in [0.3, 0.4) is 0 Å². The first-order valence-electron chi connectivity index (χ1n) is 12.5. The maximum atomic E-state index is 14.5. The van der Waals surface area contributed by atoms with Crippen LogP contribution in [0, 0.1) is 12.7 Å². The van der Waals surface area contributed by atoms with Crippen molar-refractivity contribution in [3.05, 3.63) is 59.4 Å². The molecule has 1 aliphatic heterocycles. The van der Waals surface area contributed by atoms with Crippen LogP contribution in [0.15, 0.2) is 52.9 Å². The number of benzene rings is 1. The van der Waals surface area contributed by atoms with E-state index < -0.39 is 15.7 Å². The summed E-state index contributed by atoms with van der Waals surface area (Å²) in [6.45, 7) is 3.34. The van der Waals surface area contributed by atoms with Gasteiger partial charge >= 0.3 is 0 Å². The van der Waals surface area contributed by atoms with Crippen LogP contribution in [0.25, 0.3) is 0 Å². The lowest BCUT2D eigenvalue weighted by atomic mass is 9.95. The van der Waals surface area contributed by atoms with Gasteiger partial charge in [-0.1, -0.05) is 0 Å². The number of ether oxygens (including phenoxy) is 4. The lowest BCUT2D eigenvalue weighted by Crippen LogP contribution is -2.42. The number of rotatable bonds is 10. The van der Waals surface area contributed by atoms with Gasteiger partial charge in [-0.2, -0.15) is 0 Å². The molecule has 1 fully saturated rings. The number of Topliss-reactive ketones (excluding diaryl/α,β-unsaturated/α-hetero) is 1. The standard InChI is InChI=1S/C27H32FN3O7S/c1-17-26(29-16-30-27(17)38-24-8-6-20(14-22(24)28)39(4,33)34)37-18-9-11-31(12-10-18)15-23(32)21-7-5-19(35-2)13-25(21)36-3/h5-8,14,16,18,25H,9-13,15H2,1-4H3. The number of hydrogen-bond donors (Lipinski definition) is 0. The normalized spacial score (nSPS) is 18.7. The Kier molecular flexibility index (Phi) is 8.98. The van der Waals surface area contributed by atoms with Gasteiger partial charge in [-0.3, -0.25) is 9.69 Å². The van der Waals surface area contributed by atoms with Crippen molar-refractivity contribution in [1.29, 1.82) is 0 Å². The number of likely N-dealkylation sites (tertiary alicyclic amines) is 1. The predicted octanol–water partition coefficient (Wildman–Crippen LogP) is 3.41. The first kappa shape index (κ1) is 28.7. The first-order valence-corrected chi connectivity index (χ1v) is 14.4. The van der Waals surface area contributed by atoms with E-state index in [9.17, 15) is 17.6 Å². The summed E-state index contributed by atoms with van der Waals surface area (Å²) in [5.74, 6) is 0.242. The van der Waals surface area contributed by atoms with E-state index in [2.05, 4.69) is 14.9 Å². The highest BCUT2D eigenvalue weighted by Gasteiger charge is 2.29. The Morgan fingerprint density at radius 3 is 2.49 bits per heavy atom. The number of sulfone groups is 1. The second-order valence-electron chi connectivity index (χ2n) is 9.48. The minimum atomic E-state index is -3.55. The summed E-state index contributed by atoms with van der Waals surface area (Å²) in [6.07, 6.45) is 7.32. The molecule has 0 N–H and O–H groups in total. The summed E-state index contributed by atoms with van der Waals surface area (Å²) in [7, 11) is -0.360. The van der Waals surface area contributed by atoms with Crippen molar-refractivity contribution < 1.29 is 36.6 Å². The lowest BCUT2D eigenvalue weighted by Gasteiger charge is -2.32. The summed E-state index contributed by atoms with van der Waals surface area (Å²) in [4.78, 5) is 23.2. The number of piperidine rings is 1. The number of carbonyl (C=O) groups excluding carboxylic acids is 1. The number of hydrogen-bond acceptors (Lipinski definition) is 10. The highest BCUT2D eigenvalue weighted by atomic mass is 32.2. The largest absolute Gasteiger partial charge is 0.501 e. The number of carbonyl (C=O) groups is 1. The van der Waals surface area contributed by atoms with Crippen molar-refractivity contribution in [3.8, 4) is 17.5 Å². The summed E-state index contributed by atoms with van der Waals surface area (Å²) in [5, 5.41) is 0. The highest BCUT2D eigenvalue weighted by molar-refractivity contribution is 7.90. The van der Waals surface area contributed by atoms with Gasteiger partial charge < -0.3 is 18.9 Å². The van der Waals surface area contributed by atoms with Crippen molar-refractivity contribution in [2.75, 3.05) is 40.1 Å². The third-order valence-electron chi connectivity index (χ3n) is 6.76. The van der Waals surface area contributed by atoms with Crippen molar-refractivity contribution in [1.82, 2.24) is 14.9 Å². The third-order valence-corrected chi connectivity index (χ3v) is 7.87. The topological polar surface area (TPSA) is 117 Å². The van der Waals surface area contributed by atoms with Gasteiger partial charge in [0.15, 0.2) is 27.2 Å². The van der Waals surface area contributed by atoms with E-state index in [-0.39, 0.29) is 34.5 Å². The summed E-state index contributed by atoms with van der Waals surface area (Å²) < 4.78 is 60.3. The molecular formula is C27H32FN3O7S. The van der Waals surface area contributed by atoms with Crippen LogP contribution in [0.5, 0.6) is 17.5 Å². The minimum absolute atomic E-state index is 0.0258. The zero-order valence-electron chi connectivity index (χ0n) is 22.3. The molecule has 0 radical (unpaired) electrons. The molecule has 2 aromatic rings. The predicted molar refractivity (Wildman–Crippen MR) is 140 cm³/mol. The molecule has 12 heteroatoms. The Morgan fingerprint density at radius 2 is 1.85 bits per heavy atom. The molecule has 0 bridgehead atoms. The zero-order chi connectivity index (χ0) is 28.2. The van der Waals surface area contributed by atoms with Crippen molar-refractivity contribution in [2.45, 2.75) is 43.3 Å². The molecule has 210 valence electrons. The molecule has 2 heterocycles. The van der Waals surface area contributed by atoms with Gasteiger partial charge in [-0.05, 0) is 50.1 Å². The number of halogens is 1. The molecule has 1 saturated heterocycles. The maximum absolute atomic E-state index is 14.5. The Bertz CT molecular complexity index is 1390. The number of aromatic nitrogens is 2. The van der Waals surface area contributed by atoms with E-state index in [1.165, 1.54) is 18.5 Å². The van der Waals surface area contributed by atoms with Gasteiger partial charge in [-0.25, -0.2) is 22.8 Å². The molecule has 1 atom stereocenters. The summed E-state index contributed by atoms with van der Waals surface area (Å²) >= 11 is 0. The van der Waals surface area contributed by atoms with Gasteiger partial charge in [0, 0.05) is 38.4 Å². The van der Waals surface area contributed by atoms with E-state index in [0.717, 1.165) is 18.1 Å². The Hall–Kier alpha value is -3.35. The van der Waals surface area contributed by atoms with Crippen LogP contribution in [0.2, 0.25) is 0 Å². The van der Waals surface area contributed by atoms with E-state index in [4.69, 9.17) is 18.9 Å². The van der Waals surface area contributed by atoms with Gasteiger partial charge in [0.2, 0.25) is 11.8 Å². The molecular weight excluding hydrogens is 529 g/mol. The average molecular weight is 562 g/mol. The molecule has 1 aromatic carbocycles. The maximum Gasteiger partial charge on any atom is 0.229 e. The monoisotopic (exact) mass is 561 g/mol. The fourth-order valence-electron chi connectivity index (χ4n) is 4.46. The molecule has 0 amide bonds. The van der Waals surface area contributed by atoms with E-state index >= 15 is 0 Å². The van der Waals surface area contributed by atoms with E-state index in [1.807, 2.05) is 6.08 Å². The molecule has 1 unspecified atom stereocenters. The van der Waals surface area contributed by atoms with Crippen LogP contribution in [0.4, 0.5) is 4.39 Å². The summed E-state index contributed by atoms with van der Waals surface area (Å²) in [6, 6.07) is 3.43. The second-order valence-corrected chi connectivity index (χ2v) is 11.5. The molecule has 10 nitrogen and oxygen atoms in total. The van der Waals surface area contributed by atoms with Crippen molar-refractivity contribution in [2.24, 2.45) is 0 Å².